The van der Waals surface area contributed by atoms with E-state index in [2.05, 4.69) is 4.72 Å². The summed E-state index contributed by atoms with van der Waals surface area (Å²) >= 11 is 5.82. The van der Waals surface area contributed by atoms with Crippen LogP contribution in [0.2, 0.25) is 5.02 Å². The number of nitrogens with zero attached hydrogens (tertiary/aromatic N) is 1. The number of hydrogen-bond acceptors (Lipinski definition) is 5. The van der Waals surface area contributed by atoms with Crippen molar-refractivity contribution in [1.29, 1.82) is 5.26 Å². The van der Waals surface area contributed by atoms with Gasteiger partial charge in [-0.05, 0) is 29.8 Å². The predicted octanol–water partition coefficient (Wildman–Crippen LogP) is 2.75. The third-order valence-corrected chi connectivity index (χ3v) is 5.12. The van der Waals surface area contributed by atoms with Gasteiger partial charge in [0, 0.05) is 12.1 Å². The van der Waals surface area contributed by atoms with Crippen LogP contribution in [0, 0.1) is 11.3 Å². The van der Waals surface area contributed by atoms with Crippen LogP contribution in [0.4, 0.5) is 0 Å². The number of nitrogens with one attached hydrogen (secondary N) is 1. The maximum Gasteiger partial charge on any atom is 0.217 e. The Morgan fingerprint density at radius 2 is 1.77 bits per heavy atom. The minimum absolute atomic E-state index is 0.162. The third-order valence-electron chi connectivity index (χ3n) is 3.45. The summed E-state index contributed by atoms with van der Waals surface area (Å²) in [7, 11) is -2.40. The lowest BCUT2D eigenvalue weighted by atomic mass is 10.1. The average Bonchev–Trinajstić information content (AvgIpc) is 2.61. The zero-order valence-corrected chi connectivity index (χ0v) is 15.8. The van der Waals surface area contributed by atoms with Crippen LogP contribution in [0.15, 0.2) is 54.6 Å². The van der Waals surface area contributed by atoms with Gasteiger partial charge < -0.3 is 9.47 Å². The molecule has 2 rings (SSSR count). The summed E-state index contributed by atoms with van der Waals surface area (Å²) in [5, 5.41) is 10.1. The van der Waals surface area contributed by atoms with Crippen LogP contribution >= 0.6 is 11.6 Å². The quantitative estimate of drug-likeness (QED) is 0.706. The Labute approximate surface area is 158 Å². The van der Waals surface area contributed by atoms with Crippen LogP contribution in [-0.2, 0) is 20.5 Å². The molecule has 26 heavy (non-hydrogen) atoms. The summed E-state index contributed by atoms with van der Waals surface area (Å²) in [6.45, 7) is -0.377. The molecule has 0 aliphatic carbocycles. The summed E-state index contributed by atoms with van der Waals surface area (Å²) in [5.41, 5.74) is -0.940. The molecule has 138 valence electrons. The van der Waals surface area contributed by atoms with E-state index in [9.17, 15) is 13.7 Å². The first-order valence-electron chi connectivity index (χ1n) is 7.72. The molecule has 1 unspecified atom stereocenters. The van der Waals surface area contributed by atoms with Crippen LogP contribution in [-0.4, -0.2) is 34.3 Å². The summed E-state index contributed by atoms with van der Waals surface area (Å²) in [5.74, 6) is 0.217. The lowest BCUT2D eigenvalue weighted by Gasteiger charge is -2.26. The molecule has 1 atom stereocenters. The zero-order valence-electron chi connectivity index (χ0n) is 14.2. The standard InChI is InChI=1S/C18H19ClN2O4S/c1-24-13-18(12-20,14-25-17-9-7-16(19)8-10-17)21-26(22,23)11-15-5-3-2-4-6-15/h2-10,21H,11,13-14H2,1H3. The van der Waals surface area contributed by atoms with E-state index < -0.39 is 15.6 Å². The molecule has 2 aromatic carbocycles. The van der Waals surface area contributed by atoms with Crippen LogP contribution in [0.25, 0.3) is 0 Å². The van der Waals surface area contributed by atoms with Gasteiger partial charge in [-0.1, -0.05) is 41.9 Å². The van der Waals surface area contributed by atoms with Gasteiger partial charge in [-0.15, -0.1) is 0 Å². The van der Waals surface area contributed by atoms with E-state index in [1.807, 2.05) is 6.07 Å². The Balaban J connectivity index is 2.14. The molecule has 0 spiro atoms. The molecule has 1 N–H and O–H groups in total. The van der Waals surface area contributed by atoms with Crippen molar-refractivity contribution in [2.75, 3.05) is 20.3 Å². The molecule has 0 aromatic heterocycles. The molecule has 8 heteroatoms. The van der Waals surface area contributed by atoms with E-state index in [4.69, 9.17) is 21.1 Å². The van der Waals surface area contributed by atoms with E-state index in [0.717, 1.165) is 0 Å². The minimum Gasteiger partial charge on any atom is -0.490 e. The summed E-state index contributed by atoms with van der Waals surface area (Å²) in [6, 6.07) is 17.2. The highest BCUT2D eigenvalue weighted by Crippen LogP contribution is 2.18. The van der Waals surface area contributed by atoms with Crippen molar-refractivity contribution < 1.29 is 17.9 Å². The second-order valence-electron chi connectivity index (χ2n) is 5.72. The fourth-order valence-corrected chi connectivity index (χ4v) is 3.89. The van der Waals surface area contributed by atoms with Gasteiger partial charge in [0.15, 0.2) is 5.54 Å². The van der Waals surface area contributed by atoms with E-state index in [1.54, 1.807) is 54.6 Å². The maximum atomic E-state index is 12.5. The van der Waals surface area contributed by atoms with E-state index >= 15 is 0 Å². The molecule has 0 bridgehead atoms. The first-order valence-corrected chi connectivity index (χ1v) is 9.75. The fraction of sp³-hybridized carbons (Fsp3) is 0.278. The number of halogens is 1. The van der Waals surface area contributed by atoms with Crippen molar-refractivity contribution in [3.05, 3.63) is 65.2 Å². The number of methoxy groups -OCH3 is 1. The Hall–Kier alpha value is -2.11. The van der Waals surface area contributed by atoms with Gasteiger partial charge in [0.25, 0.3) is 0 Å². The lowest BCUT2D eigenvalue weighted by molar-refractivity contribution is 0.114. The summed E-state index contributed by atoms with van der Waals surface area (Å²) in [4.78, 5) is 0. The molecule has 0 fully saturated rings. The highest BCUT2D eigenvalue weighted by atomic mass is 35.5. The summed E-state index contributed by atoms with van der Waals surface area (Å²) < 4.78 is 38.1. The van der Waals surface area contributed by atoms with Gasteiger partial charge in [0.05, 0.1) is 18.4 Å². The smallest absolute Gasteiger partial charge is 0.217 e. The van der Waals surface area contributed by atoms with Gasteiger partial charge in [0.1, 0.15) is 12.4 Å². The monoisotopic (exact) mass is 394 g/mol. The molecule has 0 amide bonds. The highest BCUT2D eigenvalue weighted by Gasteiger charge is 2.36. The van der Waals surface area contributed by atoms with Crippen LogP contribution < -0.4 is 9.46 Å². The SMILES string of the molecule is COCC(C#N)(COc1ccc(Cl)cc1)NS(=O)(=O)Cc1ccccc1. The highest BCUT2D eigenvalue weighted by molar-refractivity contribution is 7.88. The molecule has 0 aliphatic heterocycles. The van der Waals surface area contributed by atoms with Gasteiger partial charge in [-0.25, -0.2) is 8.42 Å². The van der Waals surface area contributed by atoms with Crippen LogP contribution in [0.1, 0.15) is 5.56 Å². The van der Waals surface area contributed by atoms with Crippen LogP contribution in [0.3, 0.4) is 0 Å². The van der Waals surface area contributed by atoms with E-state index in [-0.39, 0.29) is 19.0 Å². The predicted molar refractivity (Wildman–Crippen MR) is 99.4 cm³/mol. The molecule has 0 saturated carbocycles. The third kappa shape index (κ3) is 6.00. The molecule has 0 heterocycles. The zero-order chi connectivity index (χ0) is 19.0. The summed E-state index contributed by atoms with van der Waals surface area (Å²) in [6.07, 6.45) is 0. The number of benzene rings is 2. The number of rotatable bonds is 9. The Morgan fingerprint density at radius 1 is 1.12 bits per heavy atom. The van der Waals surface area contributed by atoms with Crippen molar-refractivity contribution in [3.8, 4) is 11.8 Å². The van der Waals surface area contributed by atoms with Crippen molar-refractivity contribution in [1.82, 2.24) is 4.72 Å². The van der Waals surface area contributed by atoms with E-state index in [1.165, 1.54) is 7.11 Å². The fourth-order valence-electron chi connectivity index (χ4n) is 2.30. The molecule has 6 nitrogen and oxygen atoms in total. The Bertz CT molecular complexity index is 851. The molecular weight excluding hydrogens is 376 g/mol. The number of nitriles is 1. The molecule has 0 aliphatic rings. The number of hydrogen-bond donors (Lipinski definition) is 1. The molecule has 0 radical (unpaired) electrons. The van der Waals surface area contributed by atoms with Gasteiger partial charge >= 0.3 is 0 Å². The van der Waals surface area contributed by atoms with Crippen molar-refractivity contribution in [3.63, 3.8) is 0 Å². The second-order valence-corrected chi connectivity index (χ2v) is 7.87. The van der Waals surface area contributed by atoms with Gasteiger partial charge in [0.2, 0.25) is 10.0 Å². The van der Waals surface area contributed by atoms with Crippen molar-refractivity contribution in [2.24, 2.45) is 0 Å². The number of ether oxygens (including phenoxy) is 2. The topological polar surface area (TPSA) is 88.4 Å². The molecular formula is C18H19ClN2O4S. The average molecular weight is 395 g/mol. The Morgan fingerprint density at radius 3 is 2.35 bits per heavy atom. The van der Waals surface area contributed by atoms with Crippen molar-refractivity contribution in [2.45, 2.75) is 11.3 Å². The van der Waals surface area contributed by atoms with E-state index in [0.29, 0.717) is 16.3 Å². The molecule has 2 aromatic rings. The minimum atomic E-state index is -3.79. The molecule has 0 saturated heterocycles. The largest absolute Gasteiger partial charge is 0.490 e. The van der Waals surface area contributed by atoms with Gasteiger partial charge in [-0.2, -0.15) is 9.98 Å². The normalized spacial score (nSPS) is 13.6. The Kier molecular flexibility index (Phi) is 7.00. The lowest BCUT2D eigenvalue weighted by Crippen LogP contribution is -2.55. The first kappa shape index (κ1) is 20.2. The first-order chi connectivity index (χ1) is 12.4. The maximum absolute atomic E-state index is 12.5. The number of sulfonamides is 1. The van der Waals surface area contributed by atoms with Crippen LogP contribution in [0.5, 0.6) is 5.75 Å². The van der Waals surface area contributed by atoms with Gasteiger partial charge in [-0.3, -0.25) is 0 Å². The second kappa shape index (κ2) is 9.01. The van der Waals surface area contributed by atoms with Crippen molar-refractivity contribution >= 4 is 21.6 Å².